The van der Waals surface area contributed by atoms with Gasteiger partial charge in [0.15, 0.2) is 0 Å². The predicted octanol–water partition coefficient (Wildman–Crippen LogP) is 4.89. The number of carbonyl (C=O) groups excluding carboxylic acids is 1. The van der Waals surface area contributed by atoms with Gasteiger partial charge in [0.05, 0.1) is 11.1 Å². The average Bonchev–Trinajstić information content (AvgIpc) is 3.11. The number of allylic oxidation sites excluding steroid dienone is 2. The monoisotopic (exact) mass is 372 g/mol. The average molecular weight is 373 g/mol. The summed E-state index contributed by atoms with van der Waals surface area (Å²) < 4.78 is 0. The van der Waals surface area contributed by atoms with Gasteiger partial charge in [-0.3, -0.25) is 4.79 Å². The lowest BCUT2D eigenvalue weighted by atomic mass is 9.87. The second-order valence-electron chi connectivity index (χ2n) is 7.61. The third-order valence-electron chi connectivity index (χ3n) is 5.18. The van der Waals surface area contributed by atoms with Gasteiger partial charge in [0.25, 0.3) is 0 Å². The largest absolute Gasteiger partial charge is 0.399 e. The van der Waals surface area contributed by atoms with E-state index in [4.69, 9.17) is 5.73 Å². The van der Waals surface area contributed by atoms with Crippen LogP contribution in [0.4, 0.5) is 17.1 Å². The second kappa shape index (κ2) is 10.7. The number of hydrogen-bond donors (Lipinski definition) is 3. The fraction of sp³-hybridized carbons (Fsp3) is 0.571. The zero-order valence-corrected chi connectivity index (χ0v) is 16.3. The van der Waals surface area contributed by atoms with E-state index in [0.717, 1.165) is 57.3 Å². The summed E-state index contributed by atoms with van der Waals surface area (Å²) in [6.45, 7) is 3.62. The lowest BCUT2D eigenvalue weighted by molar-refractivity contribution is -0.129. The number of nitroso groups, excluding NO2 is 1. The Morgan fingerprint density at radius 3 is 2.37 bits per heavy atom. The molecule has 27 heavy (non-hydrogen) atoms. The van der Waals surface area contributed by atoms with E-state index in [9.17, 15) is 9.70 Å². The number of amides is 1. The minimum Gasteiger partial charge on any atom is -0.399 e. The molecule has 0 spiro atoms. The molecular formula is C21H32N4O2. The Morgan fingerprint density at radius 1 is 1.07 bits per heavy atom. The molecule has 148 valence electrons. The standard InChI is InChI=1S/C21H32N4O2/c1-21(12-6-7-13-21)20(26)24-15-9-5-3-2-4-8-14-23-18-11-10-17(22)16-19(18)25-27/h6-7,10-11,16,23H,2-5,8-9,12-15,22H2,1H3,(H,24,26). The maximum Gasteiger partial charge on any atom is 0.226 e. The van der Waals surface area contributed by atoms with Crippen molar-refractivity contribution in [2.75, 3.05) is 24.1 Å². The molecule has 0 radical (unpaired) electrons. The van der Waals surface area contributed by atoms with E-state index in [1.807, 2.05) is 6.92 Å². The molecule has 6 nitrogen and oxygen atoms in total. The molecule has 0 bridgehead atoms. The molecule has 1 aliphatic rings. The second-order valence-corrected chi connectivity index (χ2v) is 7.61. The molecule has 0 heterocycles. The molecule has 0 atom stereocenters. The molecule has 0 aromatic heterocycles. The molecule has 0 fully saturated rings. The van der Waals surface area contributed by atoms with E-state index in [1.165, 1.54) is 12.8 Å². The summed E-state index contributed by atoms with van der Waals surface area (Å²) in [7, 11) is 0. The van der Waals surface area contributed by atoms with Gasteiger partial charge in [-0.1, -0.05) is 44.8 Å². The summed E-state index contributed by atoms with van der Waals surface area (Å²) in [5.41, 5.74) is 7.06. The van der Waals surface area contributed by atoms with Gasteiger partial charge in [0.1, 0.15) is 5.69 Å². The summed E-state index contributed by atoms with van der Waals surface area (Å²) in [6.07, 6.45) is 12.6. The van der Waals surface area contributed by atoms with Crippen molar-refractivity contribution in [2.45, 2.75) is 58.3 Å². The molecule has 0 aliphatic heterocycles. The smallest absolute Gasteiger partial charge is 0.226 e. The van der Waals surface area contributed by atoms with E-state index in [0.29, 0.717) is 11.4 Å². The first-order chi connectivity index (χ1) is 13.0. The van der Waals surface area contributed by atoms with Crippen molar-refractivity contribution in [3.05, 3.63) is 35.3 Å². The topological polar surface area (TPSA) is 96.6 Å². The van der Waals surface area contributed by atoms with Crippen LogP contribution in [0.15, 0.2) is 35.5 Å². The van der Waals surface area contributed by atoms with Crippen LogP contribution in [0.1, 0.15) is 58.3 Å². The summed E-state index contributed by atoms with van der Waals surface area (Å²) in [6, 6.07) is 5.14. The highest BCUT2D eigenvalue weighted by molar-refractivity contribution is 5.83. The van der Waals surface area contributed by atoms with Gasteiger partial charge >= 0.3 is 0 Å². The number of carbonyl (C=O) groups is 1. The van der Waals surface area contributed by atoms with E-state index in [2.05, 4.69) is 28.0 Å². The fourth-order valence-electron chi connectivity index (χ4n) is 3.32. The summed E-state index contributed by atoms with van der Waals surface area (Å²) in [5.74, 6) is 0.186. The number of nitrogens with one attached hydrogen (secondary N) is 2. The Balaban J connectivity index is 1.46. The summed E-state index contributed by atoms with van der Waals surface area (Å²) >= 11 is 0. The molecular weight excluding hydrogens is 340 g/mol. The van der Waals surface area contributed by atoms with Crippen LogP contribution < -0.4 is 16.4 Å². The first-order valence-electron chi connectivity index (χ1n) is 9.95. The van der Waals surface area contributed by atoms with Crippen LogP contribution in [-0.4, -0.2) is 19.0 Å². The Morgan fingerprint density at radius 2 is 1.70 bits per heavy atom. The molecule has 1 aliphatic carbocycles. The molecule has 0 saturated carbocycles. The zero-order chi connectivity index (χ0) is 19.5. The molecule has 1 aromatic rings. The number of benzene rings is 1. The minimum absolute atomic E-state index is 0.186. The zero-order valence-electron chi connectivity index (χ0n) is 16.3. The molecule has 1 aromatic carbocycles. The normalized spacial score (nSPS) is 14.9. The van der Waals surface area contributed by atoms with Crippen molar-refractivity contribution in [3.8, 4) is 0 Å². The number of rotatable bonds is 12. The highest BCUT2D eigenvalue weighted by Gasteiger charge is 2.32. The molecule has 0 saturated heterocycles. The van der Waals surface area contributed by atoms with Crippen LogP contribution in [0.5, 0.6) is 0 Å². The predicted molar refractivity (Wildman–Crippen MR) is 112 cm³/mol. The third-order valence-corrected chi connectivity index (χ3v) is 5.18. The number of nitrogens with two attached hydrogens (primary N) is 1. The van der Waals surface area contributed by atoms with Crippen LogP contribution in [0.3, 0.4) is 0 Å². The van der Waals surface area contributed by atoms with Gasteiger partial charge in [0.2, 0.25) is 5.91 Å². The third kappa shape index (κ3) is 6.70. The maximum absolute atomic E-state index is 12.2. The fourth-order valence-corrected chi connectivity index (χ4v) is 3.32. The summed E-state index contributed by atoms with van der Waals surface area (Å²) in [4.78, 5) is 23.0. The minimum atomic E-state index is -0.225. The van der Waals surface area contributed by atoms with Crippen LogP contribution in [0.2, 0.25) is 0 Å². The van der Waals surface area contributed by atoms with Crippen molar-refractivity contribution < 1.29 is 4.79 Å². The van der Waals surface area contributed by atoms with Crippen molar-refractivity contribution in [1.82, 2.24) is 5.32 Å². The molecule has 6 heteroatoms. The van der Waals surface area contributed by atoms with E-state index in [-0.39, 0.29) is 11.3 Å². The number of nitrogen functional groups attached to an aromatic ring is 1. The SMILES string of the molecule is CC1(C(=O)NCCCCCCCCNc2ccc(N)cc2N=O)CC=CC1. The first kappa shape index (κ1) is 20.9. The van der Waals surface area contributed by atoms with Crippen LogP contribution in [-0.2, 0) is 4.79 Å². The van der Waals surface area contributed by atoms with E-state index in [1.54, 1.807) is 18.2 Å². The van der Waals surface area contributed by atoms with Gasteiger partial charge in [-0.25, -0.2) is 0 Å². The molecule has 2 rings (SSSR count). The first-order valence-corrected chi connectivity index (χ1v) is 9.95. The maximum atomic E-state index is 12.2. The summed E-state index contributed by atoms with van der Waals surface area (Å²) in [5, 5.41) is 9.32. The Labute approximate surface area is 162 Å². The van der Waals surface area contributed by atoms with Crippen LogP contribution >= 0.6 is 0 Å². The van der Waals surface area contributed by atoms with Crippen molar-refractivity contribution in [2.24, 2.45) is 10.6 Å². The van der Waals surface area contributed by atoms with Crippen LogP contribution in [0, 0.1) is 10.3 Å². The number of hydrogen-bond acceptors (Lipinski definition) is 5. The van der Waals surface area contributed by atoms with Crippen molar-refractivity contribution >= 4 is 23.0 Å². The Bertz CT molecular complexity index is 650. The lowest BCUT2D eigenvalue weighted by Gasteiger charge is -2.22. The number of anilines is 2. The van der Waals surface area contributed by atoms with Gasteiger partial charge in [-0.15, -0.1) is 4.91 Å². The van der Waals surface area contributed by atoms with Crippen LogP contribution in [0.25, 0.3) is 0 Å². The Hall–Kier alpha value is -2.37. The number of unbranched alkanes of at least 4 members (excludes halogenated alkanes) is 5. The van der Waals surface area contributed by atoms with Gasteiger partial charge < -0.3 is 16.4 Å². The lowest BCUT2D eigenvalue weighted by Crippen LogP contribution is -2.37. The van der Waals surface area contributed by atoms with E-state index < -0.39 is 0 Å². The van der Waals surface area contributed by atoms with Crippen molar-refractivity contribution in [3.63, 3.8) is 0 Å². The highest BCUT2D eigenvalue weighted by Crippen LogP contribution is 2.32. The van der Waals surface area contributed by atoms with Gasteiger partial charge in [-0.2, -0.15) is 0 Å². The quantitative estimate of drug-likeness (QED) is 0.211. The molecule has 4 N–H and O–H groups in total. The van der Waals surface area contributed by atoms with Crippen molar-refractivity contribution in [1.29, 1.82) is 0 Å². The van der Waals surface area contributed by atoms with Gasteiger partial charge in [-0.05, 0) is 49.1 Å². The number of nitrogens with zero attached hydrogens (tertiary/aromatic N) is 1. The highest BCUT2D eigenvalue weighted by atomic mass is 16.3. The van der Waals surface area contributed by atoms with E-state index >= 15 is 0 Å². The molecule has 1 amide bonds. The van der Waals surface area contributed by atoms with Gasteiger partial charge in [0, 0.05) is 18.8 Å². The Kier molecular flexibility index (Phi) is 8.30. The molecule has 0 unspecified atom stereocenters.